The van der Waals surface area contributed by atoms with E-state index in [0.29, 0.717) is 11.4 Å². The number of hydrogen-bond donors (Lipinski definition) is 0. The van der Waals surface area contributed by atoms with Gasteiger partial charge < -0.3 is 9.64 Å². The molecule has 0 saturated carbocycles. The Kier molecular flexibility index (Phi) is 8.36. The van der Waals surface area contributed by atoms with E-state index in [2.05, 4.69) is 0 Å². The first-order valence-corrected chi connectivity index (χ1v) is 12.5. The molecule has 1 fully saturated rings. The largest absolute Gasteiger partial charge is 0.462 e. The highest BCUT2D eigenvalue weighted by Crippen LogP contribution is 2.28. The summed E-state index contributed by atoms with van der Waals surface area (Å²) in [5.41, 5.74) is 1.32. The van der Waals surface area contributed by atoms with Gasteiger partial charge in [0.15, 0.2) is 0 Å². The summed E-state index contributed by atoms with van der Waals surface area (Å²) in [6.07, 6.45) is 0.109. The molecule has 3 amide bonds. The molecule has 1 atom stereocenters. The first-order chi connectivity index (χ1) is 18.7. The maximum atomic E-state index is 13.6. The summed E-state index contributed by atoms with van der Waals surface area (Å²) in [6, 6.07) is 16.9. The number of non-ortho nitro benzene ring substituents is 1. The normalized spacial score (nSPS) is 14.8. The molecule has 3 aromatic carbocycles. The van der Waals surface area contributed by atoms with Crippen molar-refractivity contribution in [1.82, 2.24) is 4.90 Å². The SMILES string of the molecule is CCOC(=O)c1ccc(N2C(=O)CC(N(CCc3cccc(Cl)c3)C(=O)c3ccc([N+](=O)[O-])cc3)C2=O)cc1. The number of anilines is 1. The van der Waals surface area contributed by atoms with E-state index < -0.39 is 34.7 Å². The predicted molar refractivity (Wildman–Crippen MR) is 143 cm³/mol. The number of ether oxygens (including phenoxy) is 1. The molecule has 10 nitrogen and oxygen atoms in total. The lowest BCUT2D eigenvalue weighted by molar-refractivity contribution is -0.384. The third-order valence-electron chi connectivity index (χ3n) is 6.25. The van der Waals surface area contributed by atoms with Gasteiger partial charge in [0.2, 0.25) is 5.91 Å². The fraction of sp³-hybridized carbons (Fsp3) is 0.214. The van der Waals surface area contributed by atoms with Crippen molar-refractivity contribution in [3.05, 3.63) is 105 Å². The van der Waals surface area contributed by atoms with Gasteiger partial charge in [-0.3, -0.25) is 24.5 Å². The molecule has 1 heterocycles. The Morgan fingerprint density at radius 2 is 1.72 bits per heavy atom. The average Bonchev–Trinajstić information content (AvgIpc) is 3.22. The second-order valence-corrected chi connectivity index (χ2v) is 9.17. The lowest BCUT2D eigenvalue weighted by Gasteiger charge is -2.28. The number of hydrogen-bond acceptors (Lipinski definition) is 7. The average molecular weight is 550 g/mol. The van der Waals surface area contributed by atoms with Crippen LogP contribution in [0.2, 0.25) is 5.02 Å². The summed E-state index contributed by atoms with van der Waals surface area (Å²) in [7, 11) is 0. The number of carbonyl (C=O) groups is 4. The molecule has 39 heavy (non-hydrogen) atoms. The quantitative estimate of drug-likeness (QED) is 0.167. The van der Waals surface area contributed by atoms with E-state index in [1.54, 1.807) is 25.1 Å². The van der Waals surface area contributed by atoms with E-state index in [1.165, 1.54) is 53.4 Å². The molecule has 0 bridgehead atoms. The summed E-state index contributed by atoms with van der Waals surface area (Å²) in [6.45, 7) is 1.98. The summed E-state index contributed by atoms with van der Waals surface area (Å²) < 4.78 is 4.97. The minimum atomic E-state index is -1.09. The summed E-state index contributed by atoms with van der Waals surface area (Å²) in [4.78, 5) is 64.8. The minimum Gasteiger partial charge on any atom is -0.462 e. The second-order valence-electron chi connectivity index (χ2n) is 8.74. The molecule has 11 heteroatoms. The minimum absolute atomic E-state index is 0.0927. The first kappa shape index (κ1) is 27.5. The zero-order chi connectivity index (χ0) is 28.1. The van der Waals surface area contributed by atoms with Crippen LogP contribution in [0.3, 0.4) is 0 Å². The molecule has 1 aliphatic heterocycles. The molecule has 1 unspecified atom stereocenters. The summed E-state index contributed by atoms with van der Waals surface area (Å²) in [5.74, 6) is -2.16. The third kappa shape index (κ3) is 6.12. The van der Waals surface area contributed by atoms with Crippen LogP contribution in [-0.4, -0.2) is 52.7 Å². The van der Waals surface area contributed by atoms with Gasteiger partial charge in [-0.15, -0.1) is 0 Å². The van der Waals surface area contributed by atoms with Gasteiger partial charge in [0.1, 0.15) is 6.04 Å². The maximum absolute atomic E-state index is 13.6. The van der Waals surface area contributed by atoms with Gasteiger partial charge in [-0.25, -0.2) is 9.69 Å². The van der Waals surface area contributed by atoms with Crippen LogP contribution in [0.25, 0.3) is 0 Å². The molecule has 1 aliphatic rings. The van der Waals surface area contributed by atoms with Crippen molar-refractivity contribution in [3.63, 3.8) is 0 Å². The molecule has 0 radical (unpaired) electrons. The molecule has 0 aromatic heterocycles. The van der Waals surface area contributed by atoms with Gasteiger partial charge >= 0.3 is 5.97 Å². The third-order valence-corrected chi connectivity index (χ3v) is 6.49. The number of benzene rings is 3. The molecule has 0 aliphatic carbocycles. The smallest absolute Gasteiger partial charge is 0.338 e. The summed E-state index contributed by atoms with van der Waals surface area (Å²) in [5, 5.41) is 11.6. The van der Waals surface area contributed by atoms with Crippen LogP contribution >= 0.6 is 11.6 Å². The number of amides is 3. The van der Waals surface area contributed by atoms with Crippen molar-refractivity contribution in [2.24, 2.45) is 0 Å². The number of imide groups is 1. The molecular weight excluding hydrogens is 526 g/mol. The lowest BCUT2D eigenvalue weighted by Crippen LogP contribution is -2.46. The topological polar surface area (TPSA) is 127 Å². The van der Waals surface area contributed by atoms with Crippen molar-refractivity contribution in [2.75, 3.05) is 18.1 Å². The number of halogens is 1. The Hall–Kier alpha value is -4.57. The van der Waals surface area contributed by atoms with Gasteiger partial charge in [-0.2, -0.15) is 0 Å². The highest BCUT2D eigenvalue weighted by atomic mass is 35.5. The number of esters is 1. The highest BCUT2D eigenvalue weighted by Gasteiger charge is 2.44. The fourth-order valence-electron chi connectivity index (χ4n) is 4.32. The van der Waals surface area contributed by atoms with E-state index in [0.717, 1.165) is 10.5 Å². The lowest BCUT2D eigenvalue weighted by atomic mass is 10.1. The molecule has 0 spiro atoms. The van der Waals surface area contributed by atoms with Crippen LogP contribution < -0.4 is 4.90 Å². The molecule has 200 valence electrons. The maximum Gasteiger partial charge on any atom is 0.338 e. The van der Waals surface area contributed by atoms with Crippen molar-refractivity contribution in [1.29, 1.82) is 0 Å². The molecule has 0 N–H and O–H groups in total. The van der Waals surface area contributed by atoms with Crippen LogP contribution in [0.1, 0.15) is 39.6 Å². The van der Waals surface area contributed by atoms with Gasteiger partial charge in [0, 0.05) is 29.3 Å². The van der Waals surface area contributed by atoms with E-state index in [1.807, 2.05) is 6.07 Å². The van der Waals surface area contributed by atoms with Crippen LogP contribution in [-0.2, 0) is 20.7 Å². The molecule has 1 saturated heterocycles. The zero-order valence-corrected chi connectivity index (χ0v) is 21.7. The van der Waals surface area contributed by atoms with Crippen LogP contribution in [0.5, 0.6) is 0 Å². The number of carbonyl (C=O) groups excluding carboxylic acids is 4. The monoisotopic (exact) mass is 549 g/mol. The van der Waals surface area contributed by atoms with E-state index in [-0.39, 0.29) is 42.1 Å². The van der Waals surface area contributed by atoms with Gasteiger partial charge in [0.05, 0.1) is 29.2 Å². The fourth-order valence-corrected chi connectivity index (χ4v) is 4.54. The highest BCUT2D eigenvalue weighted by molar-refractivity contribution is 6.30. The van der Waals surface area contributed by atoms with E-state index >= 15 is 0 Å². The Balaban J connectivity index is 1.61. The number of nitrogens with zero attached hydrogens (tertiary/aromatic N) is 3. The van der Waals surface area contributed by atoms with Crippen molar-refractivity contribution < 1.29 is 28.8 Å². The summed E-state index contributed by atoms with van der Waals surface area (Å²) >= 11 is 6.09. The Bertz CT molecular complexity index is 1420. The second kappa shape index (κ2) is 11.9. The number of rotatable bonds is 9. The predicted octanol–water partition coefficient (Wildman–Crippen LogP) is 4.44. The van der Waals surface area contributed by atoms with Crippen molar-refractivity contribution in [3.8, 4) is 0 Å². The molecule has 3 aromatic rings. The first-order valence-electron chi connectivity index (χ1n) is 12.1. The van der Waals surface area contributed by atoms with Crippen LogP contribution in [0.15, 0.2) is 72.8 Å². The van der Waals surface area contributed by atoms with Crippen LogP contribution in [0.4, 0.5) is 11.4 Å². The van der Waals surface area contributed by atoms with Crippen molar-refractivity contribution in [2.45, 2.75) is 25.8 Å². The Morgan fingerprint density at radius 3 is 2.33 bits per heavy atom. The molecule has 4 rings (SSSR count). The van der Waals surface area contributed by atoms with E-state index in [4.69, 9.17) is 16.3 Å². The van der Waals surface area contributed by atoms with Crippen LogP contribution in [0, 0.1) is 10.1 Å². The number of nitro groups is 1. The molecular formula is C28H24ClN3O7. The number of nitro benzene ring substituents is 1. The zero-order valence-electron chi connectivity index (χ0n) is 20.9. The van der Waals surface area contributed by atoms with Gasteiger partial charge in [0.25, 0.3) is 17.5 Å². The Labute approximate surface area is 228 Å². The van der Waals surface area contributed by atoms with Gasteiger partial charge in [-0.05, 0) is 67.4 Å². The van der Waals surface area contributed by atoms with Gasteiger partial charge in [-0.1, -0.05) is 23.7 Å². The van der Waals surface area contributed by atoms with Crippen molar-refractivity contribution >= 4 is 46.7 Å². The Morgan fingerprint density at radius 1 is 1.05 bits per heavy atom. The van der Waals surface area contributed by atoms with E-state index in [9.17, 15) is 29.3 Å². The standard InChI is InChI=1S/C28H24ClN3O7/c1-2-39-28(36)20-8-10-22(11-9-20)31-25(33)17-24(27(31)35)30(15-14-18-4-3-5-21(29)16-18)26(34)19-6-12-23(13-7-19)32(37)38/h3-13,16,24H,2,14-15,17H2,1H3.